The molecule has 174 valence electrons. The van der Waals surface area contributed by atoms with Crippen LogP contribution in [0.3, 0.4) is 0 Å². The van der Waals surface area contributed by atoms with Crippen molar-refractivity contribution in [3.63, 3.8) is 0 Å². The zero-order valence-electron chi connectivity index (χ0n) is 19.2. The molecule has 0 saturated carbocycles. The Balaban J connectivity index is 1.73. The van der Waals surface area contributed by atoms with E-state index in [0.717, 1.165) is 33.3 Å². The molecule has 0 spiro atoms. The average Bonchev–Trinajstić information content (AvgIpc) is 3.16. The molecule has 1 heterocycles. The molecule has 0 aliphatic heterocycles. The van der Waals surface area contributed by atoms with Gasteiger partial charge in [0.2, 0.25) is 5.91 Å². The topological polar surface area (TPSA) is 94.6 Å². The zero-order valence-corrected chi connectivity index (χ0v) is 19.2. The van der Waals surface area contributed by atoms with E-state index in [1.165, 1.54) is 0 Å². The summed E-state index contributed by atoms with van der Waals surface area (Å²) in [7, 11) is 0. The Morgan fingerprint density at radius 2 is 1.60 bits per heavy atom. The van der Waals surface area contributed by atoms with Crippen molar-refractivity contribution >= 4 is 33.7 Å². The maximum Gasteiger partial charge on any atom is 0.341 e. The molecule has 5 aromatic rings. The summed E-state index contributed by atoms with van der Waals surface area (Å²) >= 11 is 0. The lowest BCUT2D eigenvalue weighted by Crippen LogP contribution is -2.11. The first-order chi connectivity index (χ1) is 16.9. The number of hydrogen-bond acceptors (Lipinski definition) is 3. The first-order valence-corrected chi connectivity index (χ1v) is 11.3. The van der Waals surface area contributed by atoms with Crippen molar-refractivity contribution in [1.82, 2.24) is 4.57 Å². The van der Waals surface area contributed by atoms with E-state index in [9.17, 15) is 14.7 Å². The van der Waals surface area contributed by atoms with E-state index in [0.29, 0.717) is 28.6 Å². The monoisotopic (exact) mass is 464 g/mol. The summed E-state index contributed by atoms with van der Waals surface area (Å²) in [5, 5.41) is 10.5. The van der Waals surface area contributed by atoms with E-state index in [1.54, 1.807) is 12.1 Å². The van der Waals surface area contributed by atoms with Crippen molar-refractivity contribution < 1.29 is 19.4 Å². The van der Waals surface area contributed by atoms with E-state index < -0.39 is 18.5 Å². The Hall–Kier alpha value is -4.58. The molecule has 35 heavy (non-hydrogen) atoms. The van der Waals surface area contributed by atoms with Crippen LogP contribution in [-0.2, 0) is 11.3 Å². The number of nitrogens with two attached hydrogens (primary N) is 1. The summed E-state index contributed by atoms with van der Waals surface area (Å²) < 4.78 is 7.81. The van der Waals surface area contributed by atoms with E-state index in [4.69, 9.17) is 10.5 Å². The average molecular weight is 465 g/mol. The molecule has 4 aromatic carbocycles. The molecular formula is C29H24N2O4. The quantitative estimate of drug-likeness (QED) is 0.338. The molecule has 0 fully saturated rings. The number of aliphatic carboxylic acids is 1. The highest BCUT2D eigenvalue weighted by Crippen LogP contribution is 2.39. The third-order valence-corrected chi connectivity index (χ3v) is 6.09. The van der Waals surface area contributed by atoms with E-state index in [-0.39, 0.29) is 0 Å². The maximum absolute atomic E-state index is 12.4. The Bertz CT molecular complexity index is 1590. The molecular weight excluding hydrogens is 440 g/mol. The number of carbonyl (C=O) groups excluding carboxylic acids is 1. The van der Waals surface area contributed by atoms with Gasteiger partial charge in [-0.05, 0) is 59.5 Å². The number of hydrogen-bond donors (Lipinski definition) is 2. The van der Waals surface area contributed by atoms with Gasteiger partial charge in [-0.25, -0.2) is 4.79 Å². The van der Waals surface area contributed by atoms with E-state index in [2.05, 4.69) is 34.9 Å². The molecule has 3 N–H and O–H groups in total. The predicted octanol–water partition coefficient (Wildman–Crippen LogP) is 5.38. The Kier molecular flexibility index (Phi) is 5.71. The van der Waals surface area contributed by atoms with Crippen LogP contribution in [0.25, 0.3) is 32.9 Å². The number of carboxylic acid groups (broad SMARTS) is 1. The predicted molar refractivity (Wildman–Crippen MR) is 137 cm³/mol. The van der Waals surface area contributed by atoms with Gasteiger partial charge in [-0.15, -0.1) is 0 Å². The van der Waals surface area contributed by atoms with E-state index >= 15 is 0 Å². The molecule has 0 bridgehead atoms. The summed E-state index contributed by atoms with van der Waals surface area (Å²) in [6.07, 6.45) is 0. The Labute approximate surface area is 202 Å². The largest absolute Gasteiger partial charge is 0.481 e. The second-order valence-corrected chi connectivity index (χ2v) is 8.56. The number of carbonyl (C=O) groups is 2. The molecule has 1 amide bonds. The lowest BCUT2D eigenvalue weighted by Gasteiger charge is -2.11. The van der Waals surface area contributed by atoms with Gasteiger partial charge in [0.1, 0.15) is 5.75 Å². The van der Waals surface area contributed by atoms with Crippen LogP contribution in [-0.4, -0.2) is 28.2 Å². The lowest BCUT2D eigenvalue weighted by molar-refractivity contribution is -0.139. The number of aryl methyl sites for hydroxylation is 1. The fraction of sp³-hybridized carbons (Fsp3) is 0.103. The first kappa shape index (κ1) is 22.2. The van der Waals surface area contributed by atoms with E-state index in [1.807, 2.05) is 49.4 Å². The number of carboxylic acids is 1. The number of rotatable bonds is 7. The van der Waals surface area contributed by atoms with Gasteiger partial charge in [0.05, 0.1) is 16.4 Å². The second kappa shape index (κ2) is 8.99. The summed E-state index contributed by atoms with van der Waals surface area (Å²) in [4.78, 5) is 23.6. The van der Waals surface area contributed by atoms with Gasteiger partial charge in [-0.1, -0.05) is 54.6 Å². The third-order valence-electron chi connectivity index (χ3n) is 6.09. The number of benzene rings is 4. The van der Waals surface area contributed by atoms with Gasteiger partial charge >= 0.3 is 5.97 Å². The molecule has 0 unspecified atom stereocenters. The van der Waals surface area contributed by atoms with Crippen LogP contribution in [0, 0.1) is 6.92 Å². The zero-order chi connectivity index (χ0) is 24.5. The minimum atomic E-state index is -1.07. The minimum Gasteiger partial charge on any atom is -0.481 e. The standard InChI is InChI=1S/C29H24N2O4/c1-18-13-24-28(25(14-18)35-17-26(32)33)27-22(29(30)34)11-6-12-23(27)31(24)16-19-7-5-10-21(15-19)20-8-3-2-4-9-20/h2-15H,16-17H2,1H3,(H2,30,34)(H,32,33). The third kappa shape index (κ3) is 4.22. The molecule has 0 aliphatic rings. The fourth-order valence-electron chi connectivity index (χ4n) is 4.65. The highest BCUT2D eigenvalue weighted by molar-refractivity contribution is 6.20. The van der Waals surface area contributed by atoms with Crippen molar-refractivity contribution in [1.29, 1.82) is 0 Å². The fourth-order valence-corrected chi connectivity index (χ4v) is 4.65. The van der Waals surface area contributed by atoms with Crippen molar-refractivity contribution in [2.45, 2.75) is 13.5 Å². The van der Waals surface area contributed by atoms with Crippen molar-refractivity contribution in [3.05, 3.63) is 102 Å². The highest BCUT2D eigenvalue weighted by atomic mass is 16.5. The molecule has 0 aliphatic carbocycles. The number of nitrogens with zero attached hydrogens (tertiary/aromatic N) is 1. The van der Waals surface area contributed by atoms with Gasteiger partial charge in [0.15, 0.2) is 6.61 Å². The normalized spacial score (nSPS) is 11.1. The molecule has 6 nitrogen and oxygen atoms in total. The van der Waals surface area contributed by atoms with Crippen molar-refractivity contribution in [2.24, 2.45) is 5.73 Å². The molecule has 0 atom stereocenters. The molecule has 6 heteroatoms. The first-order valence-electron chi connectivity index (χ1n) is 11.3. The molecule has 0 saturated heterocycles. The van der Waals surface area contributed by atoms with Crippen LogP contribution in [0.4, 0.5) is 0 Å². The molecule has 5 rings (SSSR count). The van der Waals surface area contributed by atoms with Gasteiger partial charge in [0, 0.05) is 17.5 Å². The smallest absolute Gasteiger partial charge is 0.341 e. The summed E-state index contributed by atoms with van der Waals surface area (Å²) in [6.45, 7) is 1.99. The van der Waals surface area contributed by atoms with Gasteiger partial charge in [-0.2, -0.15) is 0 Å². The summed E-state index contributed by atoms with van der Waals surface area (Å²) in [6, 6.07) is 27.8. The number of fused-ring (bicyclic) bond motifs is 3. The number of ether oxygens (including phenoxy) is 1. The summed E-state index contributed by atoms with van der Waals surface area (Å²) in [5.74, 6) is -1.21. The Morgan fingerprint density at radius 3 is 2.34 bits per heavy atom. The van der Waals surface area contributed by atoms with Crippen LogP contribution >= 0.6 is 0 Å². The van der Waals surface area contributed by atoms with Gasteiger partial charge in [-0.3, -0.25) is 4.79 Å². The molecule has 0 radical (unpaired) electrons. The molecule has 1 aromatic heterocycles. The van der Waals surface area contributed by atoms with Crippen LogP contribution in [0.5, 0.6) is 5.75 Å². The minimum absolute atomic E-state index is 0.369. The van der Waals surface area contributed by atoms with Crippen molar-refractivity contribution in [3.8, 4) is 16.9 Å². The van der Waals surface area contributed by atoms with Crippen LogP contribution in [0.15, 0.2) is 84.9 Å². The summed E-state index contributed by atoms with van der Waals surface area (Å²) in [5.41, 5.74) is 12.0. The number of primary amides is 1. The van der Waals surface area contributed by atoms with Gasteiger partial charge < -0.3 is 20.1 Å². The van der Waals surface area contributed by atoms with Gasteiger partial charge in [0.25, 0.3) is 0 Å². The number of aromatic nitrogens is 1. The van der Waals surface area contributed by atoms with Crippen LogP contribution < -0.4 is 10.5 Å². The number of amides is 1. The van der Waals surface area contributed by atoms with Crippen molar-refractivity contribution in [2.75, 3.05) is 6.61 Å². The SMILES string of the molecule is Cc1cc(OCC(=O)O)c2c3c(C(N)=O)cccc3n(Cc3cccc(-c4ccccc4)c3)c2c1. The lowest BCUT2D eigenvalue weighted by atomic mass is 10.0. The Morgan fingerprint density at radius 1 is 0.857 bits per heavy atom. The maximum atomic E-state index is 12.4. The van der Waals surface area contributed by atoms with Crippen LogP contribution in [0.2, 0.25) is 0 Å². The second-order valence-electron chi connectivity index (χ2n) is 8.56. The highest BCUT2D eigenvalue weighted by Gasteiger charge is 2.21. The van der Waals surface area contributed by atoms with Crippen LogP contribution in [0.1, 0.15) is 21.5 Å².